The first kappa shape index (κ1) is 26.6. The standard InChI is InChI=1S/C29H33N3O4S2/c1-4-36-15-13-32(27(33)22-7-5-19(2)6-8-22)24-17-25(38-26(24)28(34)35-3)21-11-9-20(10-12-21)23-18-31-14-16-37-29(31)30-23/h9-12,14,16-19,22H,4-8,13,15H2,1-3H3. The van der Waals surface area contributed by atoms with Gasteiger partial charge >= 0.3 is 5.97 Å². The Labute approximate surface area is 231 Å². The molecule has 0 aliphatic heterocycles. The number of carbonyl (C=O) groups is 2. The van der Waals surface area contributed by atoms with Crippen LogP contribution in [0.15, 0.2) is 48.1 Å². The first-order chi connectivity index (χ1) is 18.5. The van der Waals surface area contributed by atoms with Crippen LogP contribution in [-0.2, 0) is 14.3 Å². The molecule has 0 unspecified atom stereocenters. The van der Waals surface area contributed by atoms with Crippen LogP contribution in [0.4, 0.5) is 5.69 Å². The lowest BCUT2D eigenvalue weighted by Crippen LogP contribution is -2.40. The molecule has 0 radical (unpaired) electrons. The van der Waals surface area contributed by atoms with Crippen LogP contribution in [0.5, 0.6) is 0 Å². The lowest BCUT2D eigenvalue weighted by Gasteiger charge is -2.31. The number of imidazole rings is 1. The highest BCUT2D eigenvalue weighted by molar-refractivity contribution is 7.18. The number of rotatable bonds is 9. The molecule has 1 aliphatic rings. The Balaban J connectivity index is 1.46. The van der Waals surface area contributed by atoms with Crippen molar-refractivity contribution in [3.63, 3.8) is 0 Å². The van der Waals surface area contributed by atoms with Crippen LogP contribution in [0, 0.1) is 11.8 Å². The molecule has 3 heterocycles. The number of ether oxygens (including phenoxy) is 2. The molecule has 1 aliphatic carbocycles. The number of hydrogen-bond donors (Lipinski definition) is 0. The minimum Gasteiger partial charge on any atom is -0.465 e. The van der Waals surface area contributed by atoms with Gasteiger partial charge < -0.3 is 14.4 Å². The second-order valence-electron chi connectivity index (χ2n) is 9.76. The van der Waals surface area contributed by atoms with Gasteiger partial charge in [0.25, 0.3) is 0 Å². The number of aromatic nitrogens is 2. The summed E-state index contributed by atoms with van der Waals surface area (Å²) in [5, 5.41) is 2.01. The molecule has 1 amide bonds. The third kappa shape index (κ3) is 5.55. The van der Waals surface area contributed by atoms with Crippen LogP contribution in [0.25, 0.3) is 26.7 Å². The first-order valence-electron chi connectivity index (χ1n) is 13.1. The number of benzene rings is 1. The smallest absolute Gasteiger partial charge is 0.350 e. The predicted octanol–water partition coefficient (Wildman–Crippen LogP) is 6.77. The van der Waals surface area contributed by atoms with Gasteiger partial charge in [-0.25, -0.2) is 9.78 Å². The number of hydrogen-bond acceptors (Lipinski definition) is 7. The number of nitrogens with zero attached hydrogens (tertiary/aromatic N) is 3. The Bertz CT molecular complexity index is 1370. The Morgan fingerprint density at radius 3 is 2.55 bits per heavy atom. The summed E-state index contributed by atoms with van der Waals surface area (Å²) in [5.74, 6) is 0.250. The van der Waals surface area contributed by atoms with E-state index in [4.69, 9.17) is 14.5 Å². The molecule has 0 spiro atoms. The number of thiophene rings is 1. The lowest BCUT2D eigenvalue weighted by molar-refractivity contribution is -0.123. The summed E-state index contributed by atoms with van der Waals surface area (Å²) in [5.41, 5.74) is 3.52. The van der Waals surface area contributed by atoms with Crippen LogP contribution >= 0.6 is 22.7 Å². The highest BCUT2D eigenvalue weighted by Gasteiger charge is 2.32. The second kappa shape index (κ2) is 11.8. The van der Waals surface area contributed by atoms with E-state index >= 15 is 0 Å². The number of anilines is 1. The molecule has 0 atom stereocenters. The van der Waals surface area contributed by atoms with Crippen molar-refractivity contribution in [2.75, 3.05) is 31.8 Å². The molecule has 3 aromatic heterocycles. The molecule has 1 saturated carbocycles. The zero-order chi connectivity index (χ0) is 26.6. The summed E-state index contributed by atoms with van der Waals surface area (Å²) in [6, 6.07) is 10.1. The van der Waals surface area contributed by atoms with Crippen molar-refractivity contribution < 1.29 is 19.1 Å². The van der Waals surface area contributed by atoms with Crippen molar-refractivity contribution in [1.82, 2.24) is 9.38 Å². The summed E-state index contributed by atoms with van der Waals surface area (Å²) in [6.45, 7) is 5.56. The van der Waals surface area contributed by atoms with Crippen LogP contribution in [0.2, 0.25) is 0 Å². The van der Waals surface area contributed by atoms with Crippen molar-refractivity contribution in [3.8, 4) is 21.7 Å². The average Bonchev–Trinajstić information content (AvgIpc) is 3.67. The van der Waals surface area contributed by atoms with Gasteiger partial charge in [0.2, 0.25) is 5.91 Å². The summed E-state index contributed by atoms with van der Waals surface area (Å²) in [6.07, 6.45) is 7.88. The molecule has 1 aromatic carbocycles. The second-order valence-corrected chi connectivity index (χ2v) is 11.7. The van der Waals surface area contributed by atoms with Gasteiger partial charge in [-0.15, -0.1) is 22.7 Å². The van der Waals surface area contributed by atoms with Crippen molar-refractivity contribution in [3.05, 3.63) is 53.0 Å². The van der Waals surface area contributed by atoms with Gasteiger partial charge in [-0.2, -0.15) is 0 Å². The molecular formula is C29H33N3O4S2. The van der Waals surface area contributed by atoms with Crippen molar-refractivity contribution >= 4 is 45.2 Å². The third-order valence-corrected chi connectivity index (χ3v) is 9.15. The van der Waals surface area contributed by atoms with Gasteiger partial charge in [-0.05, 0) is 50.2 Å². The van der Waals surface area contributed by atoms with Gasteiger partial charge in [0.05, 0.1) is 25.1 Å². The van der Waals surface area contributed by atoms with Crippen molar-refractivity contribution in [2.24, 2.45) is 11.8 Å². The molecule has 200 valence electrons. The molecule has 5 rings (SSSR count). The molecule has 9 heteroatoms. The number of carbonyl (C=O) groups excluding carboxylic acids is 2. The summed E-state index contributed by atoms with van der Waals surface area (Å²) in [7, 11) is 1.38. The van der Waals surface area contributed by atoms with E-state index in [9.17, 15) is 9.59 Å². The van der Waals surface area contributed by atoms with Crippen molar-refractivity contribution in [1.29, 1.82) is 0 Å². The summed E-state index contributed by atoms with van der Waals surface area (Å²) >= 11 is 2.96. The Morgan fingerprint density at radius 1 is 1.13 bits per heavy atom. The van der Waals surface area contributed by atoms with Crippen molar-refractivity contribution in [2.45, 2.75) is 39.5 Å². The van der Waals surface area contributed by atoms with E-state index < -0.39 is 5.97 Å². The minimum absolute atomic E-state index is 0.0366. The van der Waals surface area contributed by atoms with E-state index in [0.717, 1.165) is 52.3 Å². The summed E-state index contributed by atoms with van der Waals surface area (Å²) < 4.78 is 12.8. The fourth-order valence-corrected chi connectivity index (χ4v) is 6.80. The normalized spacial score (nSPS) is 17.6. The van der Waals surface area contributed by atoms with E-state index in [1.54, 1.807) is 16.2 Å². The number of amides is 1. The average molecular weight is 552 g/mol. The topological polar surface area (TPSA) is 73.1 Å². The van der Waals surface area contributed by atoms with Crippen LogP contribution in [-0.4, -0.2) is 48.1 Å². The molecule has 0 saturated heterocycles. The monoisotopic (exact) mass is 551 g/mol. The van der Waals surface area contributed by atoms with Crippen LogP contribution < -0.4 is 4.90 Å². The van der Waals surface area contributed by atoms with E-state index in [0.29, 0.717) is 36.2 Å². The van der Waals surface area contributed by atoms with E-state index in [2.05, 4.69) is 6.92 Å². The maximum absolute atomic E-state index is 13.8. The number of methoxy groups -OCH3 is 1. The van der Waals surface area contributed by atoms with Gasteiger partial charge in [-0.1, -0.05) is 31.2 Å². The molecular weight excluding hydrogens is 518 g/mol. The van der Waals surface area contributed by atoms with E-state index in [1.165, 1.54) is 18.4 Å². The molecule has 0 bridgehead atoms. The third-order valence-electron chi connectivity index (χ3n) is 7.23. The lowest BCUT2D eigenvalue weighted by atomic mass is 9.82. The first-order valence-corrected chi connectivity index (χ1v) is 14.8. The molecule has 7 nitrogen and oxygen atoms in total. The van der Waals surface area contributed by atoms with Gasteiger partial charge in [0, 0.05) is 47.3 Å². The quantitative estimate of drug-likeness (QED) is 0.169. The minimum atomic E-state index is -0.433. The molecule has 4 aromatic rings. The number of thiazole rings is 1. The molecule has 1 fully saturated rings. The maximum Gasteiger partial charge on any atom is 0.350 e. The Hall–Kier alpha value is -3.01. The Kier molecular flexibility index (Phi) is 8.26. The highest BCUT2D eigenvalue weighted by atomic mass is 32.1. The number of fused-ring (bicyclic) bond motifs is 1. The number of esters is 1. The zero-order valence-corrected chi connectivity index (χ0v) is 23.6. The molecule has 0 N–H and O–H groups in total. The fourth-order valence-electron chi connectivity index (χ4n) is 5.01. The fraction of sp³-hybridized carbons (Fsp3) is 0.414. The highest BCUT2D eigenvalue weighted by Crippen LogP contribution is 2.40. The Morgan fingerprint density at radius 2 is 1.87 bits per heavy atom. The molecule has 38 heavy (non-hydrogen) atoms. The van der Waals surface area contributed by atoms with Crippen LogP contribution in [0.1, 0.15) is 49.2 Å². The maximum atomic E-state index is 13.8. The van der Waals surface area contributed by atoms with E-state index in [-0.39, 0.29) is 11.8 Å². The van der Waals surface area contributed by atoms with Gasteiger partial charge in [0.1, 0.15) is 4.88 Å². The van der Waals surface area contributed by atoms with Crippen LogP contribution in [0.3, 0.4) is 0 Å². The summed E-state index contributed by atoms with van der Waals surface area (Å²) in [4.78, 5) is 35.4. The SMILES string of the molecule is CCOCCN(C(=O)C1CCC(C)CC1)c1cc(-c2ccc(-c3cn4ccsc4n3)cc2)sc1C(=O)OC. The van der Waals surface area contributed by atoms with E-state index in [1.807, 2.05) is 59.4 Å². The van der Waals surface area contributed by atoms with Gasteiger partial charge in [-0.3, -0.25) is 9.20 Å². The predicted molar refractivity (Wildman–Crippen MR) is 153 cm³/mol. The zero-order valence-electron chi connectivity index (χ0n) is 22.0. The van der Waals surface area contributed by atoms with Gasteiger partial charge in [0.15, 0.2) is 4.96 Å². The largest absolute Gasteiger partial charge is 0.465 e.